The van der Waals surface area contributed by atoms with E-state index in [1.54, 1.807) is 6.92 Å². The van der Waals surface area contributed by atoms with E-state index in [1.807, 2.05) is 60.7 Å². The number of rotatable bonds is 13. The Bertz CT molecular complexity index is 2260. The van der Waals surface area contributed by atoms with Gasteiger partial charge in [-0.1, -0.05) is 191 Å². The van der Waals surface area contributed by atoms with E-state index >= 15 is 0 Å². The first-order valence-corrected chi connectivity index (χ1v) is 28.5. The molecule has 0 spiro atoms. The van der Waals surface area contributed by atoms with Crippen LogP contribution in [0.4, 0.5) is 0 Å². The number of nitrogens with zero attached hydrogens (tertiary/aromatic N) is 2. The van der Waals surface area contributed by atoms with Crippen molar-refractivity contribution in [1.29, 1.82) is 5.26 Å². The van der Waals surface area contributed by atoms with Crippen LogP contribution in [-0.2, 0) is 21.7 Å². The molecule has 0 saturated heterocycles. The Morgan fingerprint density at radius 1 is 0.585 bits per heavy atom. The third-order valence-electron chi connectivity index (χ3n) is 14.9. The van der Waals surface area contributed by atoms with Gasteiger partial charge in [0.05, 0.1) is 11.5 Å². The van der Waals surface area contributed by atoms with Gasteiger partial charge in [-0.25, -0.2) is 0 Å². The molecule has 82 heavy (non-hydrogen) atoms. The maximum atomic E-state index is 10.4. The van der Waals surface area contributed by atoms with E-state index in [9.17, 15) is 5.41 Å². The minimum absolute atomic E-state index is 0. The Morgan fingerprint density at radius 2 is 0.841 bits per heavy atom. The average molecular weight is 1360 g/mol. The van der Waals surface area contributed by atoms with Crippen LogP contribution in [0, 0.1) is 53.7 Å². The Kier molecular flexibility index (Phi) is 57.4. The zero-order chi connectivity index (χ0) is 55.7. The van der Waals surface area contributed by atoms with E-state index < -0.39 is 0 Å². The second kappa shape index (κ2) is 49.1. The van der Waals surface area contributed by atoms with E-state index in [2.05, 4.69) is 124 Å². The minimum atomic E-state index is -0.204. The molecule has 5 nitrogen and oxygen atoms in total. The number of hydrogen-bond donors (Lipinski definition) is 3. The zero-order valence-corrected chi connectivity index (χ0v) is 61.4. The molecule has 2 unspecified atom stereocenters. The predicted molar refractivity (Wildman–Crippen MR) is 356 cm³/mol. The molecule has 2 atom stereocenters. The molecule has 5 radical (unpaired) electrons. The summed E-state index contributed by atoms with van der Waals surface area (Å²) in [5.41, 5.74) is 18.8. The number of aliphatic hydroxyl groups is 1. The summed E-state index contributed by atoms with van der Waals surface area (Å²) in [6, 6.07) is 35.1. The standard InChI is InChI=1S/2C15H22ClN.C15H19ClN.C11H10ClN.C4H9.C3H3B.CH4O.2CH4.B.2BrH.2Mg.Na.H/c3*1-11(2)10-14(17)15(8-3-9-15)12-4-6-13(16)7-5-12;12-10-4-2-9(3-5-10)11(8-13)6-1-7-11;1-4(2)3;1-2-3-4;1-2;;;;;;;;;/h2*4-7,11,14H,3,8-10,17H2,1-2H3;4-7,11H,3,8-10H2,1-2H3;2-5H,1,6-7H2;4H,1H2,2-3H3;1H3;2H,1H3;2*1H4;;2*1H;;;;/q;;-1;;-1;;;;;;;;2*+2;+1;-1/p-2. The van der Waals surface area contributed by atoms with Crippen molar-refractivity contribution < 1.29 is 70.1 Å². The summed E-state index contributed by atoms with van der Waals surface area (Å²) in [7, 11) is 5.67. The molecule has 0 bridgehead atoms. The molecule has 5 N–H and O–H groups in total. The molecule has 0 aromatic heterocycles. The van der Waals surface area contributed by atoms with E-state index in [1.165, 1.54) is 61.6 Å². The number of aliphatic hydroxyl groups excluding tert-OH is 1. The van der Waals surface area contributed by atoms with Crippen molar-refractivity contribution in [2.75, 3.05) is 7.11 Å². The first-order chi connectivity index (χ1) is 35.0. The summed E-state index contributed by atoms with van der Waals surface area (Å²) in [6.07, 6.45) is 17.0. The molecule has 0 heterocycles. The van der Waals surface area contributed by atoms with Crippen LogP contribution in [0.5, 0.6) is 0 Å². The molecule has 4 aromatic rings. The van der Waals surface area contributed by atoms with Crippen molar-refractivity contribution in [3.05, 3.63) is 152 Å². The molecular weight excluding hydrogens is 1260 g/mol. The third-order valence-corrected chi connectivity index (χ3v) is 15.9. The molecule has 4 aliphatic rings. The summed E-state index contributed by atoms with van der Waals surface area (Å²) in [5, 5.41) is 29.6. The fourth-order valence-electron chi connectivity index (χ4n) is 10.3. The van der Waals surface area contributed by atoms with Gasteiger partial charge in [0, 0.05) is 58.5 Å². The molecule has 16 heteroatoms. The molecule has 8 rings (SSSR count). The van der Waals surface area contributed by atoms with Crippen molar-refractivity contribution in [1.82, 2.24) is 0 Å². The molecule has 4 fully saturated rings. The summed E-state index contributed by atoms with van der Waals surface area (Å²) in [4.78, 5) is 0. The first kappa shape index (κ1) is 95.9. The van der Waals surface area contributed by atoms with Gasteiger partial charge in [-0.05, 0) is 172 Å². The van der Waals surface area contributed by atoms with Gasteiger partial charge in [-0.2, -0.15) is 22.7 Å². The van der Waals surface area contributed by atoms with Gasteiger partial charge in [-0.3, -0.25) is 0 Å². The van der Waals surface area contributed by atoms with E-state index in [0.29, 0.717) is 29.4 Å². The van der Waals surface area contributed by atoms with Gasteiger partial charge < -0.3 is 64.3 Å². The largest absolute Gasteiger partial charge is 2.00 e. The number of benzene rings is 4. The molecule has 4 aliphatic carbocycles. The van der Waals surface area contributed by atoms with Crippen LogP contribution in [0.1, 0.15) is 197 Å². The number of nitriles is 1. The van der Waals surface area contributed by atoms with Crippen molar-refractivity contribution >= 4 is 114 Å². The molecule has 4 aromatic carbocycles. The molecule has 441 valence electrons. The van der Waals surface area contributed by atoms with Gasteiger partial charge in [0.25, 0.3) is 0 Å². The van der Waals surface area contributed by atoms with Crippen LogP contribution in [-0.4, -0.2) is 92.4 Å². The van der Waals surface area contributed by atoms with E-state index in [-0.39, 0.29) is 168 Å². The van der Waals surface area contributed by atoms with Gasteiger partial charge >= 0.3 is 75.7 Å². The van der Waals surface area contributed by atoms with Crippen molar-refractivity contribution in [3.63, 3.8) is 0 Å². The van der Waals surface area contributed by atoms with Crippen LogP contribution >= 0.6 is 46.4 Å². The monoisotopic (exact) mass is 1350 g/mol. The average Bonchev–Trinajstić information content (AvgIpc) is 3.28. The summed E-state index contributed by atoms with van der Waals surface area (Å²) in [5.74, 6) is 7.05. The van der Waals surface area contributed by atoms with Gasteiger partial charge in [0.1, 0.15) is 0 Å². The van der Waals surface area contributed by atoms with Crippen LogP contribution < -0.4 is 75.0 Å². The van der Waals surface area contributed by atoms with Gasteiger partial charge in [0.15, 0.2) is 7.85 Å². The second-order valence-electron chi connectivity index (χ2n) is 22.3. The molecular formula is C66H98B2Br2Cl4Mg2N4NaO. The fraction of sp³-hybridized carbons (Fsp3) is 0.561. The maximum Gasteiger partial charge on any atom is 2.00 e. The van der Waals surface area contributed by atoms with E-state index in [4.69, 9.17) is 68.2 Å². The topological polar surface area (TPSA) is 118 Å². The Balaban J connectivity index is -0.000000138. The molecule has 4 saturated carbocycles. The Labute approximate surface area is 602 Å². The predicted octanol–water partition coefficient (Wildman–Crippen LogP) is 8.85. The summed E-state index contributed by atoms with van der Waals surface area (Å²) < 4.78 is 0. The smallest absolute Gasteiger partial charge is 1.00 e. The Morgan fingerprint density at radius 3 is 1.02 bits per heavy atom. The SMILES string of the molecule is C.C.CC(C)CC(=[N-])C1(c2ccc(Cl)cc2)CCC1.CC(C)CC(N)C1(c2ccc(Cl)cc2)CCC1.CC(C)CC(N)C1(c2ccc(Cl)cc2)CCC1.CO.N#CC1(c2ccc(Cl)cc2)CCC1.[B].[B]C#CC.[Br-].[Br-].[CH2-]C(C)C.[H-].[Mg+2].[Mg+2].[Na+]. The fourth-order valence-corrected chi connectivity index (χ4v) is 10.8. The van der Waals surface area contributed by atoms with Crippen LogP contribution in [0.2, 0.25) is 20.1 Å². The van der Waals surface area contributed by atoms with Crippen molar-refractivity contribution in [2.24, 2.45) is 35.1 Å². The normalized spacial score (nSPS) is 15.7. The maximum absolute atomic E-state index is 10.4. The number of nitrogens with two attached hydrogens (primary N) is 2. The zero-order valence-electron chi connectivity index (χ0n) is 51.3. The van der Waals surface area contributed by atoms with Gasteiger partial charge in [-0.15, -0.1) is 5.92 Å². The summed E-state index contributed by atoms with van der Waals surface area (Å²) in [6.45, 7) is 22.7. The Hall–Kier alpha value is 0.262. The van der Waals surface area contributed by atoms with Crippen molar-refractivity contribution in [2.45, 2.75) is 207 Å². The number of halogens is 6. The summed E-state index contributed by atoms with van der Waals surface area (Å²) >= 11 is 23.6. The van der Waals surface area contributed by atoms with Crippen LogP contribution in [0.3, 0.4) is 0 Å². The minimum Gasteiger partial charge on any atom is -1.00 e. The third kappa shape index (κ3) is 29.7. The number of hydrogen-bond acceptors (Lipinski definition) is 4. The van der Waals surface area contributed by atoms with Crippen molar-refractivity contribution in [3.8, 4) is 17.8 Å². The van der Waals surface area contributed by atoms with Crippen LogP contribution in [0.15, 0.2) is 97.1 Å². The van der Waals surface area contributed by atoms with Crippen LogP contribution in [0.25, 0.3) is 5.41 Å². The molecule has 0 aliphatic heterocycles. The second-order valence-corrected chi connectivity index (χ2v) is 24.1. The quantitative estimate of drug-likeness (QED) is 0.0537. The molecule has 0 amide bonds. The van der Waals surface area contributed by atoms with Gasteiger partial charge in [0.2, 0.25) is 0 Å². The first-order valence-electron chi connectivity index (χ1n) is 27.0. The van der Waals surface area contributed by atoms with E-state index in [0.717, 1.165) is 84.1 Å².